The van der Waals surface area contributed by atoms with Crippen molar-refractivity contribution >= 4 is 15.9 Å². The number of unbranched alkanes of at least 4 members (excludes halogenated alkanes) is 10. The Morgan fingerprint density at radius 1 is 0.864 bits per heavy atom. The van der Waals surface area contributed by atoms with E-state index in [4.69, 9.17) is 4.74 Å². The van der Waals surface area contributed by atoms with E-state index in [1.807, 2.05) is 0 Å². The molecule has 0 aliphatic heterocycles. The van der Waals surface area contributed by atoms with Crippen LogP contribution in [0.1, 0.15) is 77.6 Å². The summed E-state index contributed by atoms with van der Waals surface area (Å²) in [6, 6.07) is 4.92. The predicted octanol–water partition coefficient (Wildman–Crippen LogP) is 7.28. The number of hydrogen-bond donors (Lipinski definition) is 0. The summed E-state index contributed by atoms with van der Waals surface area (Å²) in [7, 11) is 0. The van der Waals surface area contributed by atoms with Gasteiger partial charge in [0.15, 0.2) is 0 Å². The van der Waals surface area contributed by atoms with Gasteiger partial charge in [-0.05, 0) is 34.5 Å². The van der Waals surface area contributed by atoms with E-state index in [1.165, 1.54) is 70.3 Å². The molecule has 0 aromatic heterocycles. The summed E-state index contributed by atoms with van der Waals surface area (Å²) in [6.07, 6.45) is 14.6. The van der Waals surface area contributed by atoms with Gasteiger partial charge in [-0.1, -0.05) is 71.1 Å². The molecular formula is C19H30BrFO. The summed E-state index contributed by atoms with van der Waals surface area (Å²) in [5.41, 5.74) is 0. The van der Waals surface area contributed by atoms with Crippen molar-refractivity contribution in [3.8, 4) is 5.75 Å². The van der Waals surface area contributed by atoms with Crippen molar-refractivity contribution in [2.75, 3.05) is 6.61 Å². The molecule has 1 aromatic carbocycles. The van der Waals surface area contributed by atoms with Crippen LogP contribution in [0.15, 0.2) is 22.7 Å². The topological polar surface area (TPSA) is 9.23 Å². The van der Waals surface area contributed by atoms with Crippen molar-refractivity contribution in [1.82, 2.24) is 0 Å². The Bertz CT molecular complexity index is 395. The van der Waals surface area contributed by atoms with E-state index in [1.54, 1.807) is 12.1 Å². The lowest BCUT2D eigenvalue weighted by atomic mass is 10.1. The Labute approximate surface area is 143 Å². The Kier molecular flexibility index (Phi) is 11.4. The first-order valence-electron chi connectivity index (χ1n) is 8.82. The number of ether oxygens (including phenoxy) is 1. The van der Waals surface area contributed by atoms with Crippen LogP contribution >= 0.6 is 15.9 Å². The molecule has 1 aromatic rings. The van der Waals surface area contributed by atoms with Crippen molar-refractivity contribution in [3.05, 3.63) is 28.5 Å². The lowest BCUT2D eigenvalue weighted by Crippen LogP contribution is -1.97. The highest BCUT2D eigenvalue weighted by atomic mass is 79.9. The highest BCUT2D eigenvalue weighted by molar-refractivity contribution is 9.10. The minimum atomic E-state index is -0.267. The first kappa shape index (κ1) is 19.5. The van der Waals surface area contributed by atoms with Gasteiger partial charge in [0, 0.05) is 6.07 Å². The van der Waals surface area contributed by atoms with Crippen molar-refractivity contribution in [2.24, 2.45) is 0 Å². The molecule has 1 rings (SSSR count). The van der Waals surface area contributed by atoms with E-state index >= 15 is 0 Å². The van der Waals surface area contributed by atoms with Crippen molar-refractivity contribution < 1.29 is 9.13 Å². The third-order valence-corrected chi connectivity index (χ3v) is 4.55. The number of halogens is 2. The fourth-order valence-corrected chi connectivity index (χ4v) is 2.77. The Balaban J connectivity index is 1.88. The molecule has 0 spiro atoms. The van der Waals surface area contributed by atoms with Crippen LogP contribution in [0.2, 0.25) is 0 Å². The van der Waals surface area contributed by atoms with Crippen LogP contribution in [0.5, 0.6) is 5.75 Å². The number of rotatable bonds is 13. The van der Waals surface area contributed by atoms with E-state index in [0.717, 1.165) is 6.42 Å². The molecule has 126 valence electrons. The average molecular weight is 373 g/mol. The second kappa shape index (κ2) is 12.9. The Morgan fingerprint density at radius 3 is 1.95 bits per heavy atom. The van der Waals surface area contributed by atoms with Crippen LogP contribution in [-0.4, -0.2) is 6.61 Å². The molecule has 0 amide bonds. The maximum absolute atomic E-state index is 13.3. The van der Waals surface area contributed by atoms with Gasteiger partial charge in [-0.15, -0.1) is 0 Å². The standard InChI is InChI=1S/C19H30BrFO/c1-2-3-4-5-6-7-8-9-10-11-12-15-22-17-13-14-18(20)19(21)16-17/h13-14,16H,2-12,15H2,1H3. The molecule has 0 unspecified atom stereocenters. The third kappa shape index (κ3) is 9.45. The van der Waals surface area contributed by atoms with E-state index in [-0.39, 0.29) is 5.82 Å². The number of benzene rings is 1. The number of hydrogen-bond acceptors (Lipinski definition) is 1. The van der Waals surface area contributed by atoms with Gasteiger partial charge in [-0.25, -0.2) is 4.39 Å². The van der Waals surface area contributed by atoms with Gasteiger partial charge in [0.2, 0.25) is 0 Å². The molecule has 0 N–H and O–H groups in total. The zero-order valence-corrected chi connectivity index (χ0v) is 15.5. The monoisotopic (exact) mass is 372 g/mol. The molecule has 0 heterocycles. The minimum absolute atomic E-state index is 0.267. The van der Waals surface area contributed by atoms with Crippen LogP contribution in [-0.2, 0) is 0 Å². The van der Waals surface area contributed by atoms with Gasteiger partial charge in [0.1, 0.15) is 11.6 Å². The van der Waals surface area contributed by atoms with Crippen LogP contribution in [0.25, 0.3) is 0 Å². The quantitative estimate of drug-likeness (QED) is 0.330. The van der Waals surface area contributed by atoms with Gasteiger partial charge in [0.25, 0.3) is 0 Å². The maximum atomic E-state index is 13.3. The lowest BCUT2D eigenvalue weighted by Gasteiger charge is -2.07. The van der Waals surface area contributed by atoms with Crippen LogP contribution < -0.4 is 4.74 Å². The van der Waals surface area contributed by atoms with Gasteiger partial charge >= 0.3 is 0 Å². The average Bonchev–Trinajstić information content (AvgIpc) is 2.52. The molecule has 0 saturated carbocycles. The van der Waals surface area contributed by atoms with Gasteiger partial charge in [-0.2, -0.15) is 0 Å². The molecule has 0 fully saturated rings. The second-order valence-electron chi connectivity index (χ2n) is 5.96. The second-order valence-corrected chi connectivity index (χ2v) is 6.81. The summed E-state index contributed by atoms with van der Waals surface area (Å²) < 4.78 is 19.3. The first-order chi connectivity index (χ1) is 10.7. The third-order valence-electron chi connectivity index (χ3n) is 3.91. The molecule has 0 saturated heterocycles. The molecular weight excluding hydrogens is 343 g/mol. The highest BCUT2D eigenvalue weighted by Gasteiger charge is 2.01. The normalized spacial score (nSPS) is 10.9. The Hall–Kier alpha value is -0.570. The van der Waals surface area contributed by atoms with Gasteiger partial charge < -0.3 is 4.74 Å². The molecule has 22 heavy (non-hydrogen) atoms. The fourth-order valence-electron chi connectivity index (χ4n) is 2.52. The molecule has 0 aliphatic carbocycles. The molecule has 3 heteroatoms. The van der Waals surface area contributed by atoms with E-state index in [9.17, 15) is 4.39 Å². The zero-order chi connectivity index (χ0) is 16.0. The largest absolute Gasteiger partial charge is 0.493 e. The zero-order valence-electron chi connectivity index (χ0n) is 13.9. The van der Waals surface area contributed by atoms with Crippen LogP contribution in [0.4, 0.5) is 4.39 Å². The van der Waals surface area contributed by atoms with E-state index in [2.05, 4.69) is 22.9 Å². The summed E-state index contributed by atoms with van der Waals surface area (Å²) in [5, 5.41) is 0. The smallest absolute Gasteiger partial charge is 0.141 e. The molecule has 0 atom stereocenters. The lowest BCUT2D eigenvalue weighted by molar-refractivity contribution is 0.302. The summed E-state index contributed by atoms with van der Waals surface area (Å²) in [5.74, 6) is 0.351. The summed E-state index contributed by atoms with van der Waals surface area (Å²) >= 11 is 3.14. The first-order valence-corrected chi connectivity index (χ1v) is 9.61. The van der Waals surface area contributed by atoms with Crippen LogP contribution in [0.3, 0.4) is 0 Å². The fraction of sp³-hybridized carbons (Fsp3) is 0.684. The summed E-state index contributed by atoms with van der Waals surface area (Å²) in [4.78, 5) is 0. The molecule has 0 radical (unpaired) electrons. The molecule has 1 nitrogen and oxygen atoms in total. The Morgan fingerprint density at radius 2 is 1.41 bits per heavy atom. The van der Waals surface area contributed by atoms with Gasteiger partial charge in [-0.3, -0.25) is 0 Å². The molecule has 0 bridgehead atoms. The van der Waals surface area contributed by atoms with E-state index < -0.39 is 0 Å². The molecule has 0 aliphatic rings. The summed E-state index contributed by atoms with van der Waals surface area (Å²) in [6.45, 7) is 2.94. The predicted molar refractivity (Wildman–Crippen MR) is 96.1 cm³/mol. The SMILES string of the molecule is CCCCCCCCCCCCCOc1ccc(Br)c(F)c1. The van der Waals surface area contributed by atoms with Gasteiger partial charge in [0.05, 0.1) is 11.1 Å². The maximum Gasteiger partial charge on any atom is 0.141 e. The van der Waals surface area contributed by atoms with Crippen molar-refractivity contribution in [1.29, 1.82) is 0 Å². The van der Waals surface area contributed by atoms with Crippen molar-refractivity contribution in [3.63, 3.8) is 0 Å². The van der Waals surface area contributed by atoms with Crippen LogP contribution in [0, 0.1) is 5.82 Å². The van der Waals surface area contributed by atoms with E-state index in [0.29, 0.717) is 16.8 Å². The highest BCUT2D eigenvalue weighted by Crippen LogP contribution is 2.21. The minimum Gasteiger partial charge on any atom is -0.493 e. The van der Waals surface area contributed by atoms with Crippen molar-refractivity contribution in [2.45, 2.75) is 77.6 Å².